The van der Waals surface area contributed by atoms with E-state index in [1.54, 1.807) is 0 Å². The molecule has 0 saturated carbocycles. The summed E-state index contributed by atoms with van der Waals surface area (Å²) in [5.74, 6) is -0.805. The van der Waals surface area contributed by atoms with E-state index in [1.165, 1.54) is 5.38 Å². The molecular weight excluding hydrogens is 220 g/mol. The summed E-state index contributed by atoms with van der Waals surface area (Å²) in [7, 11) is 1.16. The molecule has 0 atom stereocenters. The van der Waals surface area contributed by atoms with Crippen molar-refractivity contribution in [1.82, 2.24) is 4.98 Å². The number of esters is 1. The first-order valence-electron chi connectivity index (χ1n) is 3.69. The molecule has 0 radical (unpaired) electrons. The number of methoxy groups -OCH3 is 1. The van der Waals surface area contributed by atoms with Gasteiger partial charge in [0.2, 0.25) is 6.41 Å². The Labute approximate surface area is 88.3 Å². The van der Waals surface area contributed by atoms with Gasteiger partial charge in [0.15, 0.2) is 10.8 Å². The van der Waals surface area contributed by atoms with Gasteiger partial charge in [-0.1, -0.05) is 0 Å². The Kier molecular flexibility index (Phi) is 3.67. The molecule has 7 nitrogen and oxygen atoms in total. The summed E-state index contributed by atoms with van der Waals surface area (Å²) in [5, 5.41) is 4.05. The monoisotopic (exact) mass is 226 g/mol. The number of aromatic nitrogens is 1. The lowest BCUT2D eigenvalue weighted by Crippen LogP contribution is -2.18. The number of hydrogen-bond donors (Lipinski definition) is 1. The second-order valence-corrected chi connectivity index (χ2v) is 3.10. The summed E-state index contributed by atoms with van der Waals surface area (Å²) < 4.78 is 4.37. The van der Waals surface area contributed by atoms with Gasteiger partial charge < -0.3 is 15.6 Å². The summed E-state index contributed by atoms with van der Waals surface area (Å²) in [5.41, 5.74) is 8.41. The quantitative estimate of drug-likeness (QED) is 0.254. The molecule has 1 amide bonds. The highest BCUT2D eigenvalue weighted by Gasteiger charge is 2.26. The van der Waals surface area contributed by atoms with Crippen molar-refractivity contribution < 1.29 is 19.1 Å². The van der Waals surface area contributed by atoms with Crippen LogP contribution in [0, 0.1) is 0 Å². The van der Waals surface area contributed by atoms with E-state index in [0.29, 0.717) is 11.5 Å². The van der Waals surface area contributed by atoms with E-state index in [2.05, 4.69) is 19.8 Å². The van der Waals surface area contributed by atoms with Gasteiger partial charge in [0.25, 0.3) is 0 Å². The minimum atomic E-state index is -0.805. The van der Waals surface area contributed by atoms with E-state index >= 15 is 0 Å². The Morgan fingerprint density at radius 1 is 1.80 bits per heavy atom. The Morgan fingerprint density at radius 2 is 2.53 bits per heavy atom. The van der Waals surface area contributed by atoms with Crippen molar-refractivity contribution in [2.24, 2.45) is 0 Å². The fourth-order valence-corrected chi connectivity index (χ4v) is 1.45. The first-order chi connectivity index (χ1) is 7.22. The smallest absolute Gasteiger partial charge is 0.425 e. The van der Waals surface area contributed by atoms with Gasteiger partial charge >= 0.3 is 11.7 Å². The van der Waals surface area contributed by atoms with Crippen LogP contribution in [0.1, 0.15) is 5.69 Å². The standard InChI is InChI=1S/C7H6N4O3S/c1-14-6(13)5(11-8)4-2-15-7(10-4)9-3-12/h2-3H,1H3,(H,9,10,12). The second-order valence-electron chi connectivity index (χ2n) is 2.24. The van der Waals surface area contributed by atoms with E-state index in [-0.39, 0.29) is 11.4 Å². The number of anilines is 1. The van der Waals surface area contributed by atoms with Gasteiger partial charge in [0.1, 0.15) is 0 Å². The van der Waals surface area contributed by atoms with Gasteiger partial charge in [-0.2, -0.15) is 4.79 Å². The number of carbonyl (C=O) groups is 2. The molecule has 0 aromatic carbocycles. The normalized spacial score (nSPS) is 8.87. The highest BCUT2D eigenvalue weighted by molar-refractivity contribution is 7.14. The third-order valence-corrected chi connectivity index (χ3v) is 2.18. The highest BCUT2D eigenvalue weighted by atomic mass is 32.1. The molecule has 1 heterocycles. The first kappa shape index (κ1) is 11.0. The zero-order valence-corrected chi connectivity index (χ0v) is 8.45. The van der Waals surface area contributed by atoms with Crippen LogP contribution in [0.3, 0.4) is 0 Å². The molecule has 1 aromatic rings. The minimum Gasteiger partial charge on any atom is -0.460 e. The summed E-state index contributed by atoms with van der Waals surface area (Å²) in [6.07, 6.45) is 0.455. The topological polar surface area (TPSA) is 105 Å². The fraction of sp³-hybridized carbons (Fsp3) is 0.143. The van der Waals surface area contributed by atoms with Crippen LogP contribution in [0.4, 0.5) is 5.13 Å². The van der Waals surface area contributed by atoms with E-state index < -0.39 is 5.97 Å². The molecular formula is C7H6N4O3S. The van der Waals surface area contributed by atoms with Crippen molar-refractivity contribution in [3.05, 3.63) is 16.6 Å². The van der Waals surface area contributed by atoms with Crippen molar-refractivity contribution in [2.45, 2.75) is 0 Å². The average Bonchev–Trinajstić information content (AvgIpc) is 2.68. The maximum atomic E-state index is 11.1. The number of carbonyl (C=O) groups excluding carboxylic acids is 2. The molecule has 1 rings (SSSR count). The number of rotatable bonds is 4. The van der Waals surface area contributed by atoms with E-state index in [0.717, 1.165) is 18.4 Å². The van der Waals surface area contributed by atoms with Crippen LogP contribution in [0.2, 0.25) is 0 Å². The molecule has 1 aromatic heterocycles. The van der Waals surface area contributed by atoms with Gasteiger partial charge in [-0.3, -0.25) is 4.79 Å². The van der Waals surface area contributed by atoms with Crippen molar-refractivity contribution in [1.29, 1.82) is 0 Å². The molecule has 0 unspecified atom stereocenters. The van der Waals surface area contributed by atoms with Gasteiger partial charge in [0.05, 0.1) is 7.11 Å². The van der Waals surface area contributed by atoms with Gasteiger partial charge in [-0.05, 0) is 0 Å². The van der Waals surface area contributed by atoms with Crippen LogP contribution in [-0.2, 0) is 14.3 Å². The second kappa shape index (κ2) is 4.99. The molecule has 0 aliphatic heterocycles. The number of ether oxygens (including phenoxy) is 1. The zero-order chi connectivity index (χ0) is 11.3. The Balaban J connectivity index is 2.99. The summed E-state index contributed by atoms with van der Waals surface area (Å²) in [6, 6.07) is 0. The van der Waals surface area contributed by atoms with Crippen LogP contribution in [0.25, 0.3) is 5.53 Å². The van der Waals surface area contributed by atoms with Crippen LogP contribution in [-0.4, -0.2) is 35.0 Å². The lowest BCUT2D eigenvalue weighted by molar-refractivity contribution is -0.137. The fourth-order valence-electron chi connectivity index (χ4n) is 0.793. The zero-order valence-electron chi connectivity index (χ0n) is 7.63. The minimum absolute atomic E-state index is 0.138. The third kappa shape index (κ3) is 2.46. The molecule has 0 bridgehead atoms. The molecule has 78 valence electrons. The molecule has 1 N–H and O–H groups in total. The highest BCUT2D eigenvalue weighted by Crippen LogP contribution is 2.14. The Hall–Kier alpha value is -2.05. The Morgan fingerprint density at radius 3 is 3.07 bits per heavy atom. The number of hydrogen-bond acceptors (Lipinski definition) is 5. The number of nitrogens with zero attached hydrogens (tertiary/aromatic N) is 3. The molecule has 8 heteroatoms. The number of amides is 1. The van der Waals surface area contributed by atoms with Crippen molar-refractivity contribution in [2.75, 3.05) is 12.4 Å². The van der Waals surface area contributed by atoms with E-state index in [4.69, 9.17) is 5.53 Å². The average molecular weight is 226 g/mol. The summed E-state index contributed by atoms with van der Waals surface area (Å²) in [6.45, 7) is 0. The van der Waals surface area contributed by atoms with E-state index in [9.17, 15) is 9.59 Å². The maximum absolute atomic E-state index is 11.1. The van der Waals surface area contributed by atoms with Crippen molar-refractivity contribution >= 4 is 34.6 Å². The SMILES string of the molecule is COC(=O)C(=[N+]=[N-])c1csc(NC=O)n1. The van der Waals surface area contributed by atoms with Crippen LogP contribution >= 0.6 is 11.3 Å². The number of nitrogens with one attached hydrogen (secondary N) is 1. The van der Waals surface area contributed by atoms with Crippen LogP contribution in [0.5, 0.6) is 0 Å². The molecule has 0 aliphatic rings. The van der Waals surface area contributed by atoms with Crippen molar-refractivity contribution in [3.8, 4) is 0 Å². The van der Waals surface area contributed by atoms with Crippen molar-refractivity contribution in [3.63, 3.8) is 0 Å². The number of thiazole rings is 1. The summed E-state index contributed by atoms with van der Waals surface area (Å²) in [4.78, 5) is 27.8. The molecule has 0 spiro atoms. The molecule has 15 heavy (non-hydrogen) atoms. The molecule has 0 saturated heterocycles. The van der Waals surface area contributed by atoms with Crippen LogP contribution in [0.15, 0.2) is 5.38 Å². The lowest BCUT2D eigenvalue weighted by Gasteiger charge is -1.90. The van der Waals surface area contributed by atoms with Gasteiger partial charge in [-0.15, -0.1) is 11.3 Å². The largest absolute Gasteiger partial charge is 0.460 e. The Bertz CT molecular complexity index is 435. The van der Waals surface area contributed by atoms with Gasteiger partial charge in [-0.25, -0.2) is 9.78 Å². The predicted molar refractivity (Wildman–Crippen MR) is 51.5 cm³/mol. The van der Waals surface area contributed by atoms with E-state index in [1.807, 2.05) is 0 Å². The molecule has 0 aliphatic carbocycles. The summed E-state index contributed by atoms with van der Waals surface area (Å²) >= 11 is 1.09. The predicted octanol–water partition coefficient (Wildman–Crippen LogP) is -0.0967. The lowest BCUT2D eigenvalue weighted by atomic mass is 10.3. The maximum Gasteiger partial charge on any atom is 0.425 e. The third-order valence-electron chi connectivity index (χ3n) is 1.41. The van der Waals surface area contributed by atoms with Crippen LogP contribution < -0.4 is 5.32 Å². The first-order valence-corrected chi connectivity index (χ1v) is 4.57. The van der Waals surface area contributed by atoms with Gasteiger partial charge in [0, 0.05) is 5.38 Å². The molecule has 0 fully saturated rings.